The molecular formula is C26H22F2N2O5. The van der Waals surface area contributed by atoms with Crippen molar-refractivity contribution in [2.24, 2.45) is 0 Å². The summed E-state index contributed by atoms with van der Waals surface area (Å²) in [6.07, 6.45) is 3.49. The number of para-hydroxylation sites is 1. The van der Waals surface area contributed by atoms with Gasteiger partial charge in [-0.25, -0.2) is 0 Å². The number of benzene rings is 3. The summed E-state index contributed by atoms with van der Waals surface area (Å²) in [6.45, 7) is -2.62. The van der Waals surface area contributed by atoms with Gasteiger partial charge in [-0.1, -0.05) is 24.3 Å². The quantitative estimate of drug-likeness (QED) is 0.271. The second kappa shape index (κ2) is 11.1. The van der Waals surface area contributed by atoms with E-state index in [-0.39, 0.29) is 23.3 Å². The molecule has 0 aliphatic carbocycles. The molecule has 1 aromatic heterocycles. The summed E-state index contributed by atoms with van der Waals surface area (Å²) in [5.74, 6) is 1.99. The number of alkyl halides is 2. The fourth-order valence-corrected chi connectivity index (χ4v) is 3.27. The standard InChI is InChI=1S/C26H22F2N2O5/c1-31-21-11-8-17(14-19(21)16-33-20-6-4-3-5-7-20)9-13-24-29-30-25(35-24)18-10-12-22(34-26(27)28)23(15-18)32-2/h3-15,26H,16H2,1-2H3/b13-9-. The molecule has 0 saturated heterocycles. The fourth-order valence-electron chi connectivity index (χ4n) is 3.27. The highest BCUT2D eigenvalue weighted by molar-refractivity contribution is 5.68. The summed E-state index contributed by atoms with van der Waals surface area (Å²) in [5, 5.41) is 8.04. The topological polar surface area (TPSA) is 75.8 Å². The van der Waals surface area contributed by atoms with E-state index in [9.17, 15) is 8.78 Å². The maximum absolute atomic E-state index is 12.5. The van der Waals surface area contributed by atoms with Crippen molar-refractivity contribution in [2.75, 3.05) is 14.2 Å². The number of nitrogens with zero attached hydrogens (tertiary/aromatic N) is 2. The highest BCUT2D eigenvalue weighted by atomic mass is 19.3. The monoisotopic (exact) mass is 480 g/mol. The minimum Gasteiger partial charge on any atom is -0.496 e. The van der Waals surface area contributed by atoms with Crippen LogP contribution in [0, 0.1) is 0 Å². The van der Waals surface area contributed by atoms with Crippen LogP contribution in [0.1, 0.15) is 17.0 Å². The molecule has 0 unspecified atom stereocenters. The molecule has 0 saturated carbocycles. The van der Waals surface area contributed by atoms with E-state index in [2.05, 4.69) is 14.9 Å². The van der Waals surface area contributed by atoms with Crippen LogP contribution in [-0.2, 0) is 6.61 Å². The first kappa shape index (κ1) is 23.7. The lowest BCUT2D eigenvalue weighted by Gasteiger charge is -2.11. The number of rotatable bonds is 10. The smallest absolute Gasteiger partial charge is 0.387 e. The summed E-state index contributed by atoms with van der Waals surface area (Å²) in [6, 6.07) is 19.6. The molecule has 0 radical (unpaired) electrons. The molecule has 0 fully saturated rings. The van der Waals surface area contributed by atoms with Crippen LogP contribution in [0.2, 0.25) is 0 Å². The van der Waals surface area contributed by atoms with E-state index in [1.54, 1.807) is 13.2 Å². The Labute approximate surface area is 200 Å². The van der Waals surface area contributed by atoms with Crippen LogP contribution in [0.3, 0.4) is 0 Å². The van der Waals surface area contributed by atoms with Gasteiger partial charge < -0.3 is 23.4 Å². The Kier molecular flexibility index (Phi) is 7.57. The van der Waals surface area contributed by atoms with Crippen molar-refractivity contribution in [1.29, 1.82) is 0 Å². The molecule has 180 valence electrons. The van der Waals surface area contributed by atoms with Crippen molar-refractivity contribution < 1.29 is 32.1 Å². The lowest BCUT2D eigenvalue weighted by atomic mass is 10.1. The van der Waals surface area contributed by atoms with Crippen molar-refractivity contribution >= 4 is 12.2 Å². The molecule has 0 N–H and O–H groups in total. The largest absolute Gasteiger partial charge is 0.496 e. The van der Waals surface area contributed by atoms with Crippen LogP contribution in [0.4, 0.5) is 8.78 Å². The van der Waals surface area contributed by atoms with E-state index in [0.717, 1.165) is 16.9 Å². The van der Waals surface area contributed by atoms with E-state index in [4.69, 9.17) is 18.6 Å². The van der Waals surface area contributed by atoms with Gasteiger partial charge in [0, 0.05) is 17.2 Å². The predicted molar refractivity (Wildman–Crippen MR) is 126 cm³/mol. The first-order valence-corrected chi connectivity index (χ1v) is 10.6. The minimum atomic E-state index is -2.96. The first-order valence-electron chi connectivity index (χ1n) is 10.6. The second-order valence-electron chi connectivity index (χ2n) is 7.20. The van der Waals surface area contributed by atoms with Crippen LogP contribution in [0.5, 0.6) is 23.0 Å². The lowest BCUT2D eigenvalue weighted by molar-refractivity contribution is -0.0512. The summed E-state index contributed by atoms with van der Waals surface area (Å²) < 4.78 is 51.6. The predicted octanol–water partition coefficient (Wildman–Crippen LogP) is 6.10. The van der Waals surface area contributed by atoms with Gasteiger partial charge in [0.05, 0.1) is 14.2 Å². The average Bonchev–Trinajstić information content (AvgIpc) is 3.36. The van der Waals surface area contributed by atoms with Crippen molar-refractivity contribution in [3.8, 4) is 34.5 Å². The van der Waals surface area contributed by atoms with Gasteiger partial charge >= 0.3 is 6.61 Å². The number of halogens is 2. The summed E-state index contributed by atoms with van der Waals surface area (Å²) in [5.41, 5.74) is 2.26. The van der Waals surface area contributed by atoms with Crippen LogP contribution in [0.15, 0.2) is 71.1 Å². The zero-order valence-corrected chi connectivity index (χ0v) is 19.0. The zero-order valence-electron chi connectivity index (χ0n) is 19.0. The summed E-state index contributed by atoms with van der Waals surface area (Å²) >= 11 is 0. The van der Waals surface area contributed by atoms with Gasteiger partial charge in [0.1, 0.15) is 18.1 Å². The van der Waals surface area contributed by atoms with Crippen LogP contribution in [0.25, 0.3) is 23.6 Å². The Balaban J connectivity index is 1.48. The molecule has 0 amide bonds. The maximum atomic E-state index is 12.5. The number of hydrogen-bond acceptors (Lipinski definition) is 7. The normalized spacial score (nSPS) is 11.1. The zero-order chi connectivity index (χ0) is 24.6. The van der Waals surface area contributed by atoms with Crippen molar-refractivity contribution in [3.63, 3.8) is 0 Å². The van der Waals surface area contributed by atoms with Gasteiger partial charge in [0.25, 0.3) is 0 Å². The Morgan fingerprint density at radius 3 is 2.37 bits per heavy atom. The molecule has 3 aromatic carbocycles. The molecule has 0 aliphatic rings. The van der Waals surface area contributed by atoms with E-state index >= 15 is 0 Å². The third-order valence-corrected chi connectivity index (χ3v) is 4.93. The Bertz CT molecular complexity index is 1290. The highest BCUT2D eigenvalue weighted by Gasteiger charge is 2.14. The fraction of sp³-hybridized carbons (Fsp3) is 0.154. The lowest BCUT2D eigenvalue weighted by Crippen LogP contribution is -2.03. The Hall–Kier alpha value is -4.40. The molecule has 4 aromatic rings. The third-order valence-electron chi connectivity index (χ3n) is 4.93. The molecule has 0 bridgehead atoms. The SMILES string of the molecule is COc1ccc(/C=C\c2nnc(-c3ccc(OC(F)F)c(OC)c3)o2)cc1COc1ccccc1. The molecular weight excluding hydrogens is 458 g/mol. The van der Waals surface area contributed by atoms with Crippen molar-refractivity contribution in [1.82, 2.24) is 10.2 Å². The molecule has 4 rings (SSSR count). The molecule has 35 heavy (non-hydrogen) atoms. The summed E-state index contributed by atoms with van der Waals surface area (Å²) in [7, 11) is 2.96. The van der Waals surface area contributed by atoms with Gasteiger partial charge in [-0.2, -0.15) is 8.78 Å². The van der Waals surface area contributed by atoms with Gasteiger partial charge in [-0.3, -0.25) is 0 Å². The Morgan fingerprint density at radius 2 is 1.63 bits per heavy atom. The number of ether oxygens (including phenoxy) is 4. The van der Waals surface area contributed by atoms with Crippen LogP contribution >= 0.6 is 0 Å². The molecule has 0 atom stereocenters. The third kappa shape index (κ3) is 6.14. The first-order chi connectivity index (χ1) is 17.1. The maximum Gasteiger partial charge on any atom is 0.387 e. The molecule has 1 heterocycles. The van der Waals surface area contributed by atoms with Crippen molar-refractivity contribution in [3.05, 3.63) is 83.7 Å². The van der Waals surface area contributed by atoms with Crippen LogP contribution < -0.4 is 18.9 Å². The highest BCUT2D eigenvalue weighted by Crippen LogP contribution is 2.33. The number of aromatic nitrogens is 2. The molecule has 0 aliphatic heterocycles. The van der Waals surface area contributed by atoms with Gasteiger partial charge in [0.15, 0.2) is 11.5 Å². The average molecular weight is 480 g/mol. The number of methoxy groups -OCH3 is 2. The van der Waals surface area contributed by atoms with Gasteiger partial charge in [-0.15, -0.1) is 10.2 Å². The van der Waals surface area contributed by atoms with Crippen LogP contribution in [-0.4, -0.2) is 31.0 Å². The van der Waals surface area contributed by atoms with E-state index in [0.29, 0.717) is 17.9 Å². The van der Waals surface area contributed by atoms with Gasteiger partial charge in [0.2, 0.25) is 11.8 Å². The van der Waals surface area contributed by atoms with Crippen molar-refractivity contribution in [2.45, 2.75) is 13.2 Å². The molecule has 9 heteroatoms. The van der Waals surface area contributed by atoms with E-state index < -0.39 is 6.61 Å². The Morgan fingerprint density at radius 1 is 0.857 bits per heavy atom. The minimum absolute atomic E-state index is 0.0857. The second-order valence-corrected chi connectivity index (χ2v) is 7.20. The molecule has 7 nitrogen and oxygen atoms in total. The molecule has 0 spiro atoms. The van der Waals surface area contributed by atoms with Gasteiger partial charge in [-0.05, 0) is 54.1 Å². The number of hydrogen-bond donors (Lipinski definition) is 0. The van der Waals surface area contributed by atoms with E-state index in [1.165, 1.54) is 25.3 Å². The van der Waals surface area contributed by atoms with E-state index in [1.807, 2.05) is 54.6 Å². The summed E-state index contributed by atoms with van der Waals surface area (Å²) in [4.78, 5) is 0.